The Balaban J connectivity index is 1.56. The lowest BCUT2D eigenvalue weighted by Gasteiger charge is -2.55. The Labute approximate surface area is 168 Å². The number of rotatable bonds is 4. The highest BCUT2D eigenvalue weighted by atomic mass is 16.5. The zero-order chi connectivity index (χ0) is 20.1. The fourth-order valence-electron chi connectivity index (χ4n) is 7.60. The van der Waals surface area contributed by atoms with Crippen LogP contribution >= 0.6 is 0 Å². The smallest absolute Gasteiger partial charge is 0.303 e. The van der Waals surface area contributed by atoms with Crippen molar-refractivity contribution in [3.8, 4) is 0 Å². The average Bonchev–Trinajstić information content (AvgIpc) is 3.07. The molecule has 0 heterocycles. The molecule has 0 unspecified atom stereocenters. The van der Waals surface area contributed by atoms with Crippen LogP contribution in [0.3, 0.4) is 0 Å². The highest BCUT2D eigenvalue weighted by Crippen LogP contribution is 2.65. The zero-order valence-corrected chi connectivity index (χ0v) is 17.5. The Morgan fingerprint density at radius 1 is 1.18 bits per heavy atom. The molecule has 0 aromatic rings. The van der Waals surface area contributed by atoms with E-state index in [4.69, 9.17) is 4.74 Å². The molecule has 0 spiro atoms. The van der Waals surface area contributed by atoms with Crippen LogP contribution in [-0.2, 0) is 19.1 Å². The first kappa shape index (κ1) is 19.8. The van der Waals surface area contributed by atoms with Crippen molar-refractivity contribution in [2.75, 3.05) is 6.61 Å². The van der Waals surface area contributed by atoms with E-state index in [2.05, 4.69) is 13.8 Å². The Bertz CT molecular complexity index is 707. The van der Waals surface area contributed by atoms with E-state index < -0.39 is 0 Å². The van der Waals surface area contributed by atoms with Crippen molar-refractivity contribution in [2.24, 2.45) is 40.9 Å². The first-order chi connectivity index (χ1) is 13.4. The SMILES string of the molecule is CC[C@]12CC[C@H]3[C@@H](CCC4=CC(=O)[C@@H](C)C[C@@H]43)[C@@H]1CC[C@@H]2C(=O)COC(C)=O. The van der Waals surface area contributed by atoms with Crippen LogP contribution in [0.15, 0.2) is 11.6 Å². The molecule has 4 aliphatic rings. The fourth-order valence-corrected chi connectivity index (χ4v) is 7.60. The normalized spacial score (nSPS) is 42.1. The molecule has 28 heavy (non-hydrogen) atoms. The maximum atomic E-state index is 12.9. The fraction of sp³-hybridized carbons (Fsp3) is 0.792. The van der Waals surface area contributed by atoms with Gasteiger partial charge in [0, 0.05) is 18.8 Å². The molecular weight excluding hydrogens is 352 g/mol. The Kier molecular flexibility index (Phi) is 5.26. The number of fused-ring (bicyclic) bond motifs is 5. The van der Waals surface area contributed by atoms with Crippen LogP contribution in [0, 0.1) is 40.9 Å². The Hall–Kier alpha value is -1.45. The number of carbonyl (C=O) groups excluding carboxylic acids is 3. The van der Waals surface area contributed by atoms with E-state index in [1.54, 1.807) is 0 Å². The van der Waals surface area contributed by atoms with E-state index in [1.165, 1.54) is 25.3 Å². The number of Topliss-reactive ketones (excluding diaryl/α,β-unsaturated/α-hetero) is 1. The summed E-state index contributed by atoms with van der Waals surface area (Å²) < 4.78 is 5.06. The summed E-state index contributed by atoms with van der Waals surface area (Å²) in [6.45, 7) is 5.64. The predicted octanol–water partition coefficient (Wildman–Crippen LogP) is 4.51. The standard InChI is InChI=1S/C24H34O4/c1-4-24-10-9-17-18(6-5-16-12-22(26)14(2)11-19(16)17)20(24)7-8-21(24)23(27)13-28-15(3)25/h12,14,17-21H,4-11,13H2,1-3H3/t14-,17-,18+,19-,20-,21+,24-/m0/s1. The van der Waals surface area contributed by atoms with Gasteiger partial charge in [0.1, 0.15) is 6.61 Å². The first-order valence-electron chi connectivity index (χ1n) is 11.3. The van der Waals surface area contributed by atoms with Gasteiger partial charge in [0.15, 0.2) is 11.6 Å². The van der Waals surface area contributed by atoms with E-state index in [1.807, 2.05) is 6.08 Å². The monoisotopic (exact) mass is 386 g/mol. The van der Waals surface area contributed by atoms with Gasteiger partial charge in [-0.1, -0.05) is 19.4 Å². The highest BCUT2D eigenvalue weighted by Gasteiger charge is 2.59. The second-order valence-corrected chi connectivity index (χ2v) is 9.84. The van der Waals surface area contributed by atoms with Gasteiger partial charge >= 0.3 is 5.97 Å². The van der Waals surface area contributed by atoms with Crippen molar-refractivity contribution < 1.29 is 19.1 Å². The number of ketones is 2. The summed E-state index contributed by atoms with van der Waals surface area (Å²) >= 11 is 0. The third-order valence-corrected chi connectivity index (χ3v) is 8.85. The minimum absolute atomic E-state index is 0.0478. The average molecular weight is 387 g/mol. The van der Waals surface area contributed by atoms with Crippen LogP contribution in [-0.4, -0.2) is 24.1 Å². The minimum atomic E-state index is -0.371. The molecule has 0 aromatic heterocycles. The molecule has 0 N–H and O–H groups in total. The quantitative estimate of drug-likeness (QED) is 0.667. The van der Waals surface area contributed by atoms with Crippen LogP contribution in [0.4, 0.5) is 0 Å². The molecule has 0 amide bonds. The van der Waals surface area contributed by atoms with E-state index >= 15 is 0 Å². The second-order valence-electron chi connectivity index (χ2n) is 9.84. The molecule has 0 radical (unpaired) electrons. The van der Waals surface area contributed by atoms with Crippen LogP contribution in [0.2, 0.25) is 0 Å². The van der Waals surface area contributed by atoms with Crippen molar-refractivity contribution in [1.82, 2.24) is 0 Å². The number of hydrogen-bond acceptors (Lipinski definition) is 4. The molecule has 0 saturated heterocycles. The summed E-state index contributed by atoms with van der Waals surface area (Å²) in [6.07, 6.45) is 10.6. The summed E-state index contributed by atoms with van der Waals surface area (Å²) in [7, 11) is 0. The molecule has 154 valence electrons. The number of carbonyl (C=O) groups is 3. The highest BCUT2D eigenvalue weighted by molar-refractivity contribution is 5.93. The van der Waals surface area contributed by atoms with Crippen LogP contribution in [0.5, 0.6) is 0 Å². The van der Waals surface area contributed by atoms with Crippen molar-refractivity contribution >= 4 is 17.5 Å². The Morgan fingerprint density at radius 3 is 2.68 bits per heavy atom. The third kappa shape index (κ3) is 3.07. The van der Waals surface area contributed by atoms with Crippen LogP contribution in [0.1, 0.15) is 72.1 Å². The number of allylic oxidation sites excluding steroid dienone is 1. The third-order valence-electron chi connectivity index (χ3n) is 8.85. The molecule has 0 aliphatic heterocycles. The Morgan fingerprint density at radius 2 is 1.96 bits per heavy atom. The molecule has 4 aliphatic carbocycles. The molecule has 4 rings (SSSR count). The molecule has 0 aromatic carbocycles. The minimum Gasteiger partial charge on any atom is -0.458 e. The first-order valence-corrected chi connectivity index (χ1v) is 11.3. The summed E-state index contributed by atoms with van der Waals surface area (Å²) in [6, 6.07) is 0. The molecule has 7 atom stereocenters. The molecule has 3 fully saturated rings. The van der Waals surface area contributed by atoms with Gasteiger partial charge in [-0.3, -0.25) is 14.4 Å². The topological polar surface area (TPSA) is 60.4 Å². The molecule has 0 bridgehead atoms. The molecule has 4 heteroatoms. The summed E-state index contributed by atoms with van der Waals surface area (Å²) in [5.41, 5.74) is 1.50. The lowest BCUT2D eigenvalue weighted by Crippen LogP contribution is -2.49. The van der Waals surface area contributed by atoms with Gasteiger partial charge in [0.05, 0.1) is 0 Å². The van der Waals surface area contributed by atoms with Gasteiger partial charge < -0.3 is 4.74 Å². The largest absolute Gasteiger partial charge is 0.458 e. The van der Waals surface area contributed by atoms with Crippen LogP contribution < -0.4 is 0 Å². The van der Waals surface area contributed by atoms with Crippen LogP contribution in [0.25, 0.3) is 0 Å². The number of ether oxygens (including phenoxy) is 1. The van der Waals surface area contributed by atoms with Gasteiger partial charge in [0.25, 0.3) is 0 Å². The van der Waals surface area contributed by atoms with Gasteiger partial charge in [-0.15, -0.1) is 0 Å². The lowest BCUT2D eigenvalue weighted by atomic mass is 9.49. The second kappa shape index (κ2) is 7.42. The molecule has 3 saturated carbocycles. The van der Waals surface area contributed by atoms with E-state index in [9.17, 15) is 14.4 Å². The van der Waals surface area contributed by atoms with Gasteiger partial charge in [0.2, 0.25) is 0 Å². The maximum absolute atomic E-state index is 12.9. The maximum Gasteiger partial charge on any atom is 0.303 e. The van der Waals surface area contributed by atoms with E-state index in [0.29, 0.717) is 29.5 Å². The zero-order valence-electron chi connectivity index (χ0n) is 17.5. The van der Waals surface area contributed by atoms with Gasteiger partial charge in [-0.25, -0.2) is 0 Å². The van der Waals surface area contributed by atoms with Crippen molar-refractivity contribution in [2.45, 2.75) is 72.1 Å². The summed E-state index contributed by atoms with van der Waals surface area (Å²) in [4.78, 5) is 36.2. The molecular formula is C24H34O4. The van der Waals surface area contributed by atoms with Crippen molar-refractivity contribution in [3.05, 3.63) is 11.6 Å². The number of hydrogen-bond donors (Lipinski definition) is 0. The van der Waals surface area contributed by atoms with E-state index in [-0.39, 0.29) is 35.6 Å². The van der Waals surface area contributed by atoms with Crippen molar-refractivity contribution in [3.63, 3.8) is 0 Å². The van der Waals surface area contributed by atoms with Gasteiger partial charge in [-0.2, -0.15) is 0 Å². The number of esters is 1. The lowest BCUT2D eigenvalue weighted by molar-refractivity contribution is -0.149. The van der Waals surface area contributed by atoms with Gasteiger partial charge in [-0.05, 0) is 86.5 Å². The van der Waals surface area contributed by atoms with Crippen molar-refractivity contribution in [1.29, 1.82) is 0 Å². The molecule has 4 nitrogen and oxygen atoms in total. The summed E-state index contributed by atoms with van der Waals surface area (Å²) in [5, 5.41) is 0. The van der Waals surface area contributed by atoms with E-state index in [0.717, 1.165) is 38.5 Å². The predicted molar refractivity (Wildman–Crippen MR) is 106 cm³/mol. The summed E-state index contributed by atoms with van der Waals surface area (Å²) in [5.74, 6) is 2.84.